The third kappa shape index (κ3) is 9.41. The van der Waals surface area contributed by atoms with Crippen LogP contribution in [-0.2, 0) is 14.8 Å². The molecule has 1 N–H and O–H groups in total. The average molecular weight is 598 g/mol. The van der Waals surface area contributed by atoms with Gasteiger partial charge in [0.15, 0.2) is 0 Å². The zero-order valence-corrected chi connectivity index (χ0v) is 25.8. The van der Waals surface area contributed by atoms with Gasteiger partial charge in [0.2, 0.25) is 15.9 Å². The number of sulfonamides is 1. The van der Waals surface area contributed by atoms with E-state index in [1.54, 1.807) is 0 Å². The molecule has 4 rings (SSSR count). The lowest BCUT2D eigenvalue weighted by Crippen LogP contribution is -2.53. The zero-order valence-electron chi connectivity index (χ0n) is 25.0. The lowest BCUT2D eigenvalue weighted by Gasteiger charge is -2.41. The van der Waals surface area contributed by atoms with Crippen LogP contribution in [0.15, 0.2) is 18.2 Å². The van der Waals surface area contributed by atoms with Crippen LogP contribution in [0.4, 0.5) is 8.78 Å². The number of hydrogen-bond acceptors (Lipinski definition) is 6. The number of carbonyl (C=O) groups is 1. The fourth-order valence-electron chi connectivity index (χ4n) is 6.85. The van der Waals surface area contributed by atoms with Crippen molar-refractivity contribution in [1.29, 1.82) is 0 Å². The van der Waals surface area contributed by atoms with Gasteiger partial charge in [-0.15, -0.1) is 0 Å². The minimum atomic E-state index is -3.25. The molecule has 8 nitrogen and oxygen atoms in total. The van der Waals surface area contributed by atoms with E-state index in [9.17, 15) is 22.0 Å². The first-order valence-electron chi connectivity index (χ1n) is 15.4. The minimum Gasteiger partial charge on any atom is -0.338 e. The first-order chi connectivity index (χ1) is 19.5. The maximum atomic E-state index is 14.2. The standard InChI is InChI=1S/C30H49F2N5O3S/c1-23(2)21-37(30(38)22-35-16-9-33-10-17-35)28-6-11-34(12-7-28)13-8-29(25-18-26(31)20-27(32)19-25)24-4-14-36(15-5-24)41(3,39)40/h18-20,23-24,28-29,33H,4-17,21-22H2,1-3H3. The van der Waals surface area contributed by atoms with Gasteiger partial charge in [0.25, 0.3) is 0 Å². The predicted molar refractivity (Wildman–Crippen MR) is 158 cm³/mol. The van der Waals surface area contributed by atoms with E-state index in [1.807, 2.05) is 0 Å². The molecule has 1 aromatic carbocycles. The third-order valence-corrected chi connectivity index (χ3v) is 10.4. The fraction of sp³-hybridized carbons (Fsp3) is 0.767. The molecule has 3 saturated heterocycles. The summed E-state index contributed by atoms with van der Waals surface area (Å²) in [5, 5.41) is 3.35. The summed E-state index contributed by atoms with van der Waals surface area (Å²) in [6.45, 7) is 12.7. The summed E-state index contributed by atoms with van der Waals surface area (Å²) < 4.78 is 54.0. The van der Waals surface area contributed by atoms with Crippen molar-refractivity contribution in [2.75, 3.05) is 78.2 Å². The van der Waals surface area contributed by atoms with Crippen LogP contribution in [-0.4, -0.2) is 118 Å². The second-order valence-corrected chi connectivity index (χ2v) is 14.6. The molecule has 3 aliphatic rings. The molecule has 0 bridgehead atoms. The Labute approximate surface area is 245 Å². The molecule has 1 aromatic rings. The Kier molecular flexibility index (Phi) is 11.6. The van der Waals surface area contributed by atoms with Gasteiger partial charge in [-0.3, -0.25) is 9.69 Å². The van der Waals surface area contributed by atoms with E-state index in [-0.39, 0.29) is 23.8 Å². The van der Waals surface area contributed by atoms with E-state index in [0.717, 1.165) is 77.7 Å². The lowest BCUT2D eigenvalue weighted by molar-refractivity contribution is -0.136. The Morgan fingerprint density at radius 3 is 2.12 bits per heavy atom. The second-order valence-electron chi connectivity index (χ2n) is 12.6. The molecular weight excluding hydrogens is 548 g/mol. The molecule has 1 atom stereocenters. The highest BCUT2D eigenvalue weighted by Gasteiger charge is 2.33. The molecule has 232 valence electrons. The minimum absolute atomic E-state index is 0.0438. The molecule has 0 spiro atoms. The van der Waals surface area contributed by atoms with Gasteiger partial charge in [0, 0.05) is 71.0 Å². The number of likely N-dealkylation sites (tertiary alicyclic amines) is 1. The van der Waals surface area contributed by atoms with Crippen LogP contribution in [0.1, 0.15) is 57.4 Å². The number of piperidine rings is 2. The molecule has 1 amide bonds. The number of hydrogen-bond donors (Lipinski definition) is 1. The van der Waals surface area contributed by atoms with Crippen LogP contribution < -0.4 is 5.32 Å². The summed E-state index contributed by atoms with van der Waals surface area (Å²) in [4.78, 5) is 20.1. The van der Waals surface area contributed by atoms with Gasteiger partial charge in [-0.25, -0.2) is 21.5 Å². The highest BCUT2D eigenvalue weighted by atomic mass is 32.2. The average Bonchev–Trinajstić information content (AvgIpc) is 2.92. The fourth-order valence-corrected chi connectivity index (χ4v) is 7.72. The molecule has 0 aliphatic carbocycles. The van der Waals surface area contributed by atoms with Crippen LogP contribution in [0.3, 0.4) is 0 Å². The van der Waals surface area contributed by atoms with E-state index in [4.69, 9.17) is 0 Å². The Morgan fingerprint density at radius 1 is 0.951 bits per heavy atom. The number of piperazine rings is 1. The lowest BCUT2D eigenvalue weighted by atomic mass is 9.78. The second kappa shape index (κ2) is 14.7. The first kappa shape index (κ1) is 32.3. The number of benzene rings is 1. The summed E-state index contributed by atoms with van der Waals surface area (Å²) >= 11 is 0. The van der Waals surface area contributed by atoms with Crippen molar-refractivity contribution in [3.05, 3.63) is 35.4 Å². The number of nitrogens with zero attached hydrogens (tertiary/aromatic N) is 4. The normalized spacial score (nSPS) is 21.8. The zero-order chi connectivity index (χ0) is 29.6. The Balaban J connectivity index is 1.36. The number of halogens is 2. The number of carbonyl (C=O) groups excluding carboxylic acids is 1. The first-order valence-corrected chi connectivity index (χ1v) is 17.2. The Bertz CT molecular complexity index is 1080. The highest BCUT2D eigenvalue weighted by molar-refractivity contribution is 7.88. The van der Waals surface area contributed by atoms with Crippen LogP contribution in [0.25, 0.3) is 0 Å². The molecule has 1 unspecified atom stereocenters. The van der Waals surface area contributed by atoms with Crippen molar-refractivity contribution in [3.63, 3.8) is 0 Å². The largest absolute Gasteiger partial charge is 0.338 e. The van der Waals surface area contributed by atoms with E-state index >= 15 is 0 Å². The van der Waals surface area contributed by atoms with Crippen LogP contribution in [0, 0.1) is 23.5 Å². The van der Waals surface area contributed by atoms with Crippen molar-refractivity contribution in [2.24, 2.45) is 11.8 Å². The SMILES string of the molecule is CC(C)CN(C(=O)CN1CCNCC1)C1CCN(CCC(c2cc(F)cc(F)c2)C2CCN(S(C)(=O)=O)CC2)CC1. The molecule has 0 aromatic heterocycles. The monoisotopic (exact) mass is 597 g/mol. The Hall–Kier alpha value is -1.66. The molecule has 3 aliphatic heterocycles. The van der Waals surface area contributed by atoms with Gasteiger partial charge >= 0.3 is 0 Å². The maximum Gasteiger partial charge on any atom is 0.237 e. The van der Waals surface area contributed by atoms with Crippen LogP contribution in [0.2, 0.25) is 0 Å². The van der Waals surface area contributed by atoms with Gasteiger partial charge in [-0.2, -0.15) is 0 Å². The quantitative estimate of drug-likeness (QED) is 0.423. The topological polar surface area (TPSA) is 76.2 Å². The van der Waals surface area contributed by atoms with E-state index in [0.29, 0.717) is 44.0 Å². The summed E-state index contributed by atoms with van der Waals surface area (Å²) in [7, 11) is -3.25. The van der Waals surface area contributed by atoms with E-state index in [1.165, 1.54) is 22.7 Å². The van der Waals surface area contributed by atoms with Crippen LogP contribution in [0.5, 0.6) is 0 Å². The molecule has 11 heteroatoms. The van der Waals surface area contributed by atoms with E-state index in [2.05, 4.69) is 33.9 Å². The molecule has 0 radical (unpaired) electrons. The summed E-state index contributed by atoms with van der Waals surface area (Å²) in [5.41, 5.74) is 0.664. The number of rotatable bonds is 11. The summed E-state index contributed by atoms with van der Waals surface area (Å²) in [6.07, 6.45) is 5.19. The van der Waals surface area contributed by atoms with Gasteiger partial charge < -0.3 is 15.1 Å². The molecule has 3 heterocycles. The maximum absolute atomic E-state index is 14.2. The van der Waals surface area contributed by atoms with Crippen molar-refractivity contribution >= 4 is 15.9 Å². The summed E-state index contributed by atoms with van der Waals surface area (Å²) in [6, 6.07) is 4.02. The van der Waals surface area contributed by atoms with E-state index < -0.39 is 21.7 Å². The van der Waals surface area contributed by atoms with Gasteiger partial charge in [-0.05, 0) is 74.1 Å². The van der Waals surface area contributed by atoms with Crippen LogP contribution >= 0.6 is 0 Å². The van der Waals surface area contributed by atoms with Crippen molar-refractivity contribution in [1.82, 2.24) is 24.3 Å². The molecule has 41 heavy (non-hydrogen) atoms. The van der Waals surface area contributed by atoms with Crippen molar-refractivity contribution in [3.8, 4) is 0 Å². The number of nitrogens with one attached hydrogen (secondary N) is 1. The van der Waals surface area contributed by atoms with Gasteiger partial charge in [-0.1, -0.05) is 13.8 Å². The molecular formula is C30H49F2N5O3S. The molecule has 0 saturated carbocycles. The van der Waals surface area contributed by atoms with Gasteiger partial charge in [0.1, 0.15) is 11.6 Å². The third-order valence-electron chi connectivity index (χ3n) is 9.05. The van der Waals surface area contributed by atoms with Gasteiger partial charge in [0.05, 0.1) is 12.8 Å². The highest BCUT2D eigenvalue weighted by Crippen LogP contribution is 2.37. The number of amides is 1. The van der Waals surface area contributed by atoms with Crippen molar-refractivity contribution < 1.29 is 22.0 Å². The smallest absolute Gasteiger partial charge is 0.237 e. The summed E-state index contributed by atoms with van der Waals surface area (Å²) in [5.74, 6) is -0.395. The Morgan fingerprint density at radius 2 is 1.56 bits per heavy atom. The van der Waals surface area contributed by atoms with Crippen molar-refractivity contribution in [2.45, 2.75) is 57.9 Å². The predicted octanol–water partition coefficient (Wildman–Crippen LogP) is 2.96. The molecule has 3 fully saturated rings.